The van der Waals surface area contributed by atoms with Gasteiger partial charge in [0, 0.05) is 25.8 Å². The van der Waals surface area contributed by atoms with E-state index in [1.807, 2.05) is 6.92 Å². The highest BCUT2D eigenvalue weighted by molar-refractivity contribution is 5.76. The van der Waals surface area contributed by atoms with Crippen molar-refractivity contribution in [1.29, 1.82) is 0 Å². The summed E-state index contributed by atoms with van der Waals surface area (Å²) in [5.41, 5.74) is 3.90. The van der Waals surface area contributed by atoms with Crippen LogP contribution < -0.4 is 10.2 Å². The SMILES string of the molecule is CC[C@H](CC(=O)O)c1ccc(N(CC)C2CCOCC2)c(Nc2cncnc2)c1. The third-order valence-corrected chi connectivity index (χ3v) is 5.53. The van der Waals surface area contributed by atoms with Crippen LogP contribution in [0.15, 0.2) is 36.9 Å². The fourth-order valence-electron chi connectivity index (χ4n) is 4.01. The molecule has 1 aliphatic rings. The number of anilines is 3. The number of carboxylic acids is 1. The van der Waals surface area contributed by atoms with Gasteiger partial charge >= 0.3 is 5.97 Å². The Hall–Kier alpha value is -2.67. The average molecular weight is 399 g/mol. The van der Waals surface area contributed by atoms with Gasteiger partial charge in [-0.2, -0.15) is 0 Å². The van der Waals surface area contributed by atoms with Crippen LogP contribution in [0.5, 0.6) is 0 Å². The fraction of sp³-hybridized carbons (Fsp3) is 0.500. The first kappa shape index (κ1) is 21.0. The van der Waals surface area contributed by atoms with Gasteiger partial charge in [0.15, 0.2) is 0 Å². The zero-order valence-corrected chi connectivity index (χ0v) is 17.2. The summed E-state index contributed by atoms with van der Waals surface area (Å²) in [6.45, 7) is 6.64. The molecule has 0 unspecified atom stereocenters. The molecule has 29 heavy (non-hydrogen) atoms. The molecule has 7 heteroatoms. The monoisotopic (exact) mass is 398 g/mol. The van der Waals surface area contributed by atoms with E-state index in [2.05, 4.69) is 45.3 Å². The molecule has 7 nitrogen and oxygen atoms in total. The van der Waals surface area contributed by atoms with E-state index in [1.165, 1.54) is 6.33 Å². The van der Waals surface area contributed by atoms with Crippen molar-refractivity contribution in [3.8, 4) is 0 Å². The summed E-state index contributed by atoms with van der Waals surface area (Å²) in [5.74, 6) is -0.795. The molecule has 2 heterocycles. The predicted molar refractivity (Wildman–Crippen MR) is 114 cm³/mol. The van der Waals surface area contributed by atoms with Gasteiger partial charge in [0.1, 0.15) is 6.33 Å². The first-order valence-electron chi connectivity index (χ1n) is 10.3. The van der Waals surface area contributed by atoms with Crippen molar-refractivity contribution < 1.29 is 14.6 Å². The molecule has 1 aromatic heterocycles. The van der Waals surface area contributed by atoms with Crippen molar-refractivity contribution in [1.82, 2.24) is 9.97 Å². The van der Waals surface area contributed by atoms with Crippen molar-refractivity contribution in [2.24, 2.45) is 0 Å². The van der Waals surface area contributed by atoms with Crippen molar-refractivity contribution in [2.75, 3.05) is 30.0 Å². The van der Waals surface area contributed by atoms with Gasteiger partial charge in [-0.3, -0.25) is 4.79 Å². The quantitative estimate of drug-likeness (QED) is 0.655. The second-order valence-electron chi connectivity index (χ2n) is 7.36. The summed E-state index contributed by atoms with van der Waals surface area (Å²) < 4.78 is 5.54. The maximum Gasteiger partial charge on any atom is 0.303 e. The molecule has 156 valence electrons. The second-order valence-corrected chi connectivity index (χ2v) is 7.36. The highest BCUT2D eigenvalue weighted by atomic mass is 16.5. The van der Waals surface area contributed by atoms with Crippen LogP contribution in [0.25, 0.3) is 0 Å². The van der Waals surface area contributed by atoms with Crippen molar-refractivity contribution in [3.05, 3.63) is 42.5 Å². The Morgan fingerprint density at radius 3 is 2.62 bits per heavy atom. The van der Waals surface area contributed by atoms with E-state index in [4.69, 9.17) is 4.74 Å². The lowest BCUT2D eigenvalue weighted by atomic mass is 9.92. The Labute approximate surface area is 172 Å². The smallest absolute Gasteiger partial charge is 0.303 e. The van der Waals surface area contributed by atoms with Crippen LogP contribution in [-0.2, 0) is 9.53 Å². The zero-order chi connectivity index (χ0) is 20.6. The number of hydrogen-bond donors (Lipinski definition) is 2. The van der Waals surface area contributed by atoms with E-state index in [-0.39, 0.29) is 12.3 Å². The average Bonchev–Trinajstić information content (AvgIpc) is 2.75. The number of hydrogen-bond acceptors (Lipinski definition) is 6. The van der Waals surface area contributed by atoms with Gasteiger partial charge in [0.25, 0.3) is 0 Å². The number of aliphatic carboxylic acids is 1. The van der Waals surface area contributed by atoms with E-state index in [0.717, 1.165) is 61.6 Å². The Kier molecular flexibility index (Phi) is 7.41. The van der Waals surface area contributed by atoms with Gasteiger partial charge in [-0.1, -0.05) is 13.0 Å². The molecule has 1 fully saturated rings. The van der Waals surface area contributed by atoms with E-state index in [0.29, 0.717) is 6.04 Å². The first-order valence-corrected chi connectivity index (χ1v) is 10.3. The highest BCUT2D eigenvalue weighted by Crippen LogP contribution is 2.36. The number of benzene rings is 1. The van der Waals surface area contributed by atoms with Crippen LogP contribution in [0.3, 0.4) is 0 Å². The summed E-state index contributed by atoms with van der Waals surface area (Å²) in [6, 6.07) is 6.70. The summed E-state index contributed by atoms with van der Waals surface area (Å²) in [5, 5.41) is 12.7. The number of nitrogens with one attached hydrogen (secondary N) is 1. The first-order chi connectivity index (χ1) is 14.1. The summed E-state index contributed by atoms with van der Waals surface area (Å²) in [4.78, 5) is 21.9. The van der Waals surface area contributed by atoms with Crippen molar-refractivity contribution in [3.63, 3.8) is 0 Å². The van der Waals surface area contributed by atoms with Gasteiger partial charge < -0.3 is 20.1 Å². The molecule has 0 aliphatic carbocycles. The Bertz CT molecular complexity index is 794. The van der Waals surface area contributed by atoms with Gasteiger partial charge in [-0.05, 0) is 49.8 Å². The largest absolute Gasteiger partial charge is 0.481 e. The highest BCUT2D eigenvalue weighted by Gasteiger charge is 2.24. The fourth-order valence-corrected chi connectivity index (χ4v) is 4.01. The van der Waals surface area contributed by atoms with Crippen molar-refractivity contribution in [2.45, 2.75) is 51.5 Å². The lowest BCUT2D eigenvalue weighted by Gasteiger charge is -2.36. The molecule has 2 aromatic rings. The lowest BCUT2D eigenvalue weighted by molar-refractivity contribution is -0.137. The minimum absolute atomic E-state index is 0.0210. The predicted octanol–water partition coefficient (Wildman–Crippen LogP) is 4.19. The number of ether oxygens (including phenoxy) is 1. The van der Waals surface area contributed by atoms with Crippen LogP contribution in [-0.4, -0.2) is 46.8 Å². The molecule has 0 radical (unpaired) electrons. The van der Waals surface area contributed by atoms with E-state index in [9.17, 15) is 9.90 Å². The maximum absolute atomic E-state index is 11.3. The van der Waals surface area contributed by atoms with Gasteiger partial charge in [0.2, 0.25) is 0 Å². The summed E-state index contributed by atoms with van der Waals surface area (Å²) >= 11 is 0. The van der Waals surface area contributed by atoms with Gasteiger partial charge in [-0.25, -0.2) is 9.97 Å². The number of rotatable bonds is 9. The minimum Gasteiger partial charge on any atom is -0.481 e. The van der Waals surface area contributed by atoms with Crippen LogP contribution in [0.4, 0.5) is 17.1 Å². The van der Waals surface area contributed by atoms with Crippen LogP contribution >= 0.6 is 0 Å². The van der Waals surface area contributed by atoms with E-state index in [1.54, 1.807) is 12.4 Å². The lowest BCUT2D eigenvalue weighted by Crippen LogP contribution is -2.39. The minimum atomic E-state index is -0.774. The molecule has 0 spiro atoms. The normalized spacial score (nSPS) is 15.7. The zero-order valence-electron chi connectivity index (χ0n) is 17.2. The number of carbonyl (C=O) groups is 1. The molecule has 1 aliphatic heterocycles. The third-order valence-electron chi connectivity index (χ3n) is 5.53. The van der Waals surface area contributed by atoms with Crippen molar-refractivity contribution >= 4 is 23.0 Å². The van der Waals surface area contributed by atoms with Crippen LogP contribution in [0.1, 0.15) is 51.0 Å². The molecular formula is C22H30N4O3. The van der Waals surface area contributed by atoms with Crippen LogP contribution in [0, 0.1) is 0 Å². The third kappa shape index (κ3) is 5.44. The topological polar surface area (TPSA) is 87.6 Å². The number of aromatic nitrogens is 2. The molecule has 0 saturated carbocycles. The molecule has 0 amide bonds. The molecule has 1 atom stereocenters. The number of carboxylic acid groups (broad SMARTS) is 1. The Morgan fingerprint density at radius 2 is 2.00 bits per heavy atom. The standard InChI is InChI=1S/C22H30N4O3/c1-3-16(12-22(27)28)17-5-6-21(26(4-2)19-7-9-29-10-8-19)20(11-17)25-18-13-23-15-24-14-18/h5-6,11,13-16,19,25H,3-4,7-10,12H2,1-2H3,(H,27,28)/t16-/m1/s1. The van der Waals surface area contributed by atoms with Gasteiger partial charge in [-0.15, -0.1) is 0 Å². The molecule has 1 aromatic carbocycles. The number of nitrogens with zero attached hydrogens (tertiary/aromatic N) is 3. The molecule has 0 bridgehead atoms. The summed E-state index contributed by atoms with van der Waals surface area (Å²) in [6.07, 6.45) is 7.88. The second kappa shape index (κ2) is 10.2. The molecule has 1 saturated heterocycles. The molecular weight excluding hydrogens is 368 g/mol. The summed E-state index contributed by atoms with van der Waals surface area (Å²) in [7, 11) is 0. The van der Waals surface area contributed by atoms with E-state index < -0.39 is 5.97 Å². The Morgan fingerprint density at radius 1 is 1.28 bits per heavy atom. The maximum atomic E-state index is 11.3. The Balaban J connectivity index is 1.97. The van der Waals surface area contributed by atoms with Crippen LogP contribution in [0.2, 0.25) is 0 Å². The van der Waals surface area contributed by atoms with E-state index >= 15 is 0 Å². The molecule has 3 rings (SSSR count). The molecule has 2 N–H and O–H groups in total. The van der Waals surface area contributed by atoms with Gasteiger partial charge in [0.05, 0.1) is 35.9 Å².